The molecule has 8 nitrogen and oxygen atoms in total. The molecule has 1 aromatic carbocycles. The summed E-state index contributed by atoms with van der Waals surface area (Å²) >= 11 is 0. The Hall–Kier alpha value is -2.78. The van der Waals surface area contributed by atoms with Crippen LogP contribution in [-0.4, -0.2) is 31.8 Å². The first kappa shape index (κ1) is 18.6. The quantitative estimate of drug-likeness (QED) is 0.660. The van der Waals surface area contributed by atoms with E-state index < -0.39 is 21.8 Å². The van der Waals surface area contributed by atoms with Gasteiger partial charge in [0.15, 0.2) is 0 Å². The molecule has 2 amide bonds. The van der Waals surface area contributed by atoms with Crippen molar-refractivity contribution in [2.24, 2.45) is 5.14 Å². The van der Waals surface area contributed by atoms with Crippen LogP contribution in [0.3, 0.4) is 0 Å². The SMILES string of the molecule is Cc1cccnc1NC(=O)C(=O)NCCc1ccc(S(N)(=O)=O)cc1. The minimum Gasteiger partial charge on any atom is -0.347 e. The third-order valence-electron chi connectivity index (χ3n) is 3.40. The molecule has 9 heteroatoms. The van der Waals surface area contributed by atoms with Gasteiger partial charge < -0.3 is 10.6 Å². The van der Waals surface area contributed by atoms with Crippen LogP contribution in [-0.2, 0) is 26.0 Å². The molecule has 0 aliphatic heterocycles. The highest BCUT2D eigenvalue weighted by atomic mass is 32.2. The molecule has 132 valence electrons. The van der Waals surface area contributed by atoms with Gasteiger partial charge in [-0.2, -0.15) is 0 Å². The lowest BCUT2D eigenvalue weighted by Gasteiger charge is -2.08. The van der Waals surface area contributed by atoms with Gasteiger partial charge in [-0.1, -0.05) is 18.2 Å². The molecule has 0 spiro atoms. The van der Waals surface area contributed by atoms with Gasteiger partial charge in [0.1, 0.15) is 5.82 Å². The first-order valence-corrected chi connectivity index (χ1v) is 8.94. The number of anilines is 1. The summed E-state index contributed by atoms with van der Waals surface area (Å²) in [7, 11) is -3.73. The number of carbonyl (C=O) groups excluding carboxylic acids is 2. The minimum atomic E-state index is -3.73. The third kappa shape index (κ3) is 5.37. The molecular weight excluding hydrogens is 344 g/mol. The Morgan fingerprint density at radius 3 is 2.40 bits per heavy atom. The van der Waals surface area contributed by atoms with Gasteiger partial charge in [0.2, 0.25) is 10.0 Å². The Morgan fingerprint density at radius 2 is 1.80 bits per heavy atom. The van der Waals surface area contributed by atoms with E-state index in [2.05, 4.69) is 15.6 Å². The fourth-order valence-corrected chi connectivity index (χ4v) is 2.54. The van der Waals surface area contributed by atoms with Crippen LogP contribution in [0.2, 0.25) is 0 Å². The van der Waals surface area contributed by atoms with Crippen molar-refractivity contribution in [3.05, 3.63) is 53.7 Å². The molecule has 0 atom stereocenters. The van der Waals surface area contributed by atoms with Crippen LogP contribution < -0.4 is 15.8 Å². The number of primary sulfonamides is 1. The molecule has 25 heavy (non-hydrogen) atoms. The van der Waals surface area contributed by atoms with Gasteiger partial charge in [0.25, 0.3) is 0 Å². The van der Waals surface area contributed by atoms with Gasteiger partial charge in [0.05, 0.1) is 4.90 Å². The second-order valence-corrected chi connectivity index (χ2v) is 6.88. The van der Waals surface area contributed by atoms with Crippen LogP contribution in [0.25, 0.3) is 0 Å². The van der Waals surface area contributed by atoms with Crippen molar-refractivity contribution >= 4 is 27.7 Å². The summed E-state index contributed by atoms with van der Waals surface area (Å²) in [6.45, 7) is 1.99. The Balaban J connectivity index is 1.84. The predicted octanol–water partition coefficient (Wildman–Crippen LogP) is 0.335. The number of amides is 2. The number of carbonyl (C=O) groups is 2. The van der Waals surface area contributed by atoms with E-state index in [1.807, 2.05) is 0 Å². The molecule has 0 unspecified atom stereocenters. The predicted molar refractivity (Wildman–Crippen MR) is 92.1 cm³/mol. The molecule has 0 aliphatic rings. The minimum absolute atomic E-state index is 0.0189. The van der Waals surface area contributed by atoms with E-state index in [0.717, 1.165) is 11.1 Å². The molecule has 4 N–H and O–H groups in total. The average Bonchev–Trinajstić information content (AvgIpc) is 2.56. The number of hydrogen-bond acceptors (Lipinski definition) is 5. The molecule has 0 aliphatic carbocycles. The molecule has 0 fully saturated rings. The van der Waals surface area contributed by atoms with Gasteiger partial charge in [0, 0.05) is 12.7 Å². The molecule has 2 rings (SSSR count). The fraction of sp³-hybridized carbons (Fsp3) is 0.188. The van der Waals surface area contributed by atoms with Gasteiger partial charge in [-0.15, -0.1) is 0 Å². The van der Waals surface area contributed by atoms with E-state index >= 15 is 0 Å². The Labute approximate surface area is 145 Å². The largest absolute Gasteiger partial charge is 0.347 e. The molecule has 0 saturated carbocycles. The first-order valence-electron chi connectivity index (χ1n) is 7.40. The van der Waals surface area contributed by atoms with Crippen molar-refractivity contribution in [1.29, 1.82) is 0 Å². The Bertz CT molecular complexity index is 879. The number of nitrogens with one attached hydrogen (secondary N) is 2. The molecule has 0 radical (unpaired) electrons. The van der Waals surface area contributed by atoms with Crippen LogP contribution >= 0.6 is 0 Å². The summed E-state index contributed by atoms with van der Waals surface area (Å²) in [5.74, 6) is -1.24. The monoisotopic (exact) mass is 362 g/mol. The number of hydrogen-bond donors (Lipinski definition) is 3. The highest BCUT2D eigenvalue weighted by Crippen LogP contribution is 2.10. The zero-order chi connectivity index (χ0) is 18.4. The van der Waals surface area contributed by atoms with E-state index in [0.29, 0.717) is 12.2 Å². The van der Waals surface area contributed by atoms with Crippen molar-refractivity contribution in [1.82, 2.24) is 10.3 Å². The highest BCUT2D eigenvalue weighted by Gasteiger charge is 2.14. The highest BCUT2D eigenvalue weighted by molar-refractivity contribution is 7.89. The van der Waals surface area contributed by atoms with Gasteiger partial charge in [-0.05, 0) is 42.7 Å². The number of pyridine rings is 1. The molecule has 1 heterocycles. The lowest BCUT2D eigenvalue weighted by Crippen LogP contribution is -2.36. The zero-order valence-electron chi connectivity index (χ0n) is 13.5. The van der Waals surface area contributed by atoms with Crippen LogP contribution in [0, 0.1) is 6.92 Å². The number of rotatable bonds is 5. The van der Waals surface area contributed by atoms with E-state index in [1.165, 1.54) is 18.3 Å². The Morgan fingerprint density at radius 1 is 1.12 bits per heavy atom. The van der Waals surface area contributed by atoms with Crippen LogP contribution in [0.15, 0.2) is 47.5 Å². The number of nitrogens with zero attached hydrogens (tertiary/aromatic N) is 1. The van der Waals surface area contributed by atoms with Crippen molar-refractivity contribution in [3.63, 3.8) is 0 Å². The summed E-state index contributed by atoms with van der Waals surface area (Å²) in [6.07, 6.45) is 1.96. The van der Waals surface area contributed by atoms with Crippen LogP contribution in [0.5, 0.6) is 0 Å². The van der Waals surface area contributed by atoms with E-state index in [-0.39, 0.29) is 11.4 Å². The lowest BCUT2D eigenvalue weighted by atomic mass is 10.1. The zero-order valence-corrected chi connectivity index (χ0v) is 14.3. The van der Waals surface area contributed by atoms with Crippen molar-refractivity contribution < 1.29 is 18.0 Å². The van der Waals surface area contributed by atoms with Crippen LogP contribution in [0.1, 0.15) is 11.1 Å². The smallest absolute Gasteiger partial charge is 0.314 e. The van der Waals surface area contributed by atoms with Gasteiger partial charge >= 0.3 is 11.8 Å². The molecule has 1 aromatic heterocycles. The number of sulfonamides is 1. The summed E-state index contributed by atoms with van der Waals surface area (Å²) < 4.78 is 22.3. The van der Waals surface area contributed by atoms with Crippen LogP contribution in [0.4, 0.5) is 5.82 Å². The van der Waals surface area contributed by atoms with Crippen molar-refractivity contribution in [2.75, 3.05) is 11.9 Å². The fourth-order valence-electron chi connectivity index (χ4n) is 2.03. The van der Waals surface area contributed by atoms with Crippen molar-refractivity contribution in [2.45, 2.75) is 18.2 Å². The summed E-state index contributed by atoms with van der Waals surface area (Å²) in [6, 6.07) is 9.48. The second kappa shape index (κ2) is 7.86. The van der Waals surface area contributed by atoms with E-state index in [1.54, 1.807) is 31.2 Å². The molecule has 0 saturated heterocycles. The maximum atomic E-state index is 11.8. The first-order chi connectivity index (χ1) is 11.8. The molecule has 0 bridgehead atoms. The summed E-state index contributed by atoms with van der Waals surface area (Å²) in [5, 5.41) is 9.95. The third-order valence-corrected chi connectivity index (χ3v) is 4.33. The second-order valence-electron chi connectivity index (χ2n) is 5.32. The number of aromatic nitrogens is 1. The molecule has 2 aromatic rings. The van der Waals surface area contributed by atoms with Gasteiger partial charge in [-0.25, -0.2) is 18.5 Å². The van der Waals surface area contributed by atoms with E-state index in [9.17, 15) is 18.0 Å². The Kier molecular flexibility index (Phi) is 5.84. The maximum Gasteiger partial charge on any atom is 0.314 e. The number of nitrogens with two attached hydrogens (primary N) is 1. The number of benzene rings is 1. The topological polar surface area (TPSA) is 131 Å². The average molecular weight is 362 g/mol. The lowest BCUT2D eigenvalue weighted by molar-refractivity contribution is -0.136. The van der Waals surface area contributed by atoms with Crippen molar-refractivity contribution in [3.8, 4) is 0 Å². The molecular formula is C16H18N4O4S. The maximum absolute atomic E-state index is 11.8. The summed E-state index contributed by atoms with van der Waals surface area (Å²) in [4.78, 5) is 27.6. The van der Waals surface area contributed by atoms with Gasteiger partial charge in [-0.3, -0.25) is 9.59 Å². The number of aryl methyl sites for hydroxylation is 1. The standard InChI is InChI=1S/C16H18N4O4S/c1-11-3-2-9-18-14(11)20-16(22)15(21)19-10-8-12-4-6-13(7-5-12)25(17,23)24/h2-7,9H,8,10H2,1H3,(H,19,21)(H2,17,23,24)(H,18,20,22). The summed E-state index contributed by atoms with van der Waals surface area (Å²) in [5.41, 5.74) is 1.55. The normalized spacial score (nSPS) is 11.0. The van der Waals surface area contributed by atoms with E-state index in [4.69, 9.17) is 5.14 Å².